The van der Waals surface area contributed by atoms with Crippen LogP contribution in [0, 0.1) is 0 Å². The number of carbonyl (C=O) groups is 2. The number of thioether (sulfide) groups is 1. The van der Waals surface area contributed by atoms with E-state index in [1.807, 2.05) is 24.4 Å². The summed E-state index contributed by atoms with van der Waals surface area (Å²) in [6.07, 6.45) is -6.45. The maximum atomic E-state index is 10.6. The lowest BCUT2D eigenvalue weighted by Gasteiger charge is -2.19. The number of aliphatic carboxylic acids is 2. The van der Waals surface area contributed by atoms with Crippen molar-refractivity contribution in [3.05, 3.63) is 96.3 Å². The number of rotatable bonds is 5. The lowest BCUT2D eigenvalue weighted by molar-refractivity contribution is -0.193. The highest BCUT2D eigenvalue weighted by atomic mass is 32.2. The largest absolute Gasteiger partial charge is 0.490 e. The van der Waals surface area contributed by atoms with E-state index >= 15 is 0 Å². The fraction of sp³-hybridized carbons (Fsp3) is 0.200. The second-order valence-corrected chi connectivity index (χ2v) is 8.60. The molecular formula is C25H21F6N3O4S. The minimum Gasteiger partial charge on any atom is -0.475 e. The number of carboxylic acid groups (broad SMARTS) is 2. The standard InChI is InChI=1S/C21H19N3S.2C2HF3O2/c1-3-8-16(9-4-1)20-21(17-10-7-13-22-14-17)24-19(23-20)15-25-18-11-5-2-6-12-18;2*3-2(4,5)1(6)7/h1-14,20-21H,15H2,(H,23,24);2*(H,6,7)/t20-,21+;;/m0../s1. The van der Waals surface area contributed by atoms with Crippen LogP contribution < -0.4 is 5.32 Å². The number of amidine groups is 1. The number of hydrogen-bond acceptors (Lipinski definition) is 6. The zero-order valence-electron chi connectivity index (χ0n) is 19.7. The number of carboxylic acids is 2. The van der Waals surface area contributed by atoms with Gasteiger partial charge in [0.25, 0.3) is 0 Å². The Balaban J connectivity index is 0.000000317. The van der Waals surface area contributed by atoms with Crippen LogP contribution in [0.2, 0.25) is 0 Å². The van der Waals surface area contributed by atoms with Crippen molar-refractivity contribution in [1.29, 1.82) is 0 Å². The number of nitrogens with one attached hydrogen (secondary N) is 1. The van der Waals surface area contributed by atoms with Crippen molar-refractivity contribution in [2.45, 2.75) is 29.3 Å². The van der Waals surface area contributed by atoms with Crippen molar-refractivity contribution in [3.8, 4) is 0 Å². The average molecular weight is 574 g/mol. The second kappa shape index (κ2) is 14.2. The first-order valence-electron chi connectivity index (χ1n) is 10.8. The van der Waals surface area contributed by atoms with E-state index in [1.54, 1.807) is 18.0 Å². The van der Waals surface area contributed by atoms with Gasteiger partial charge in [0.05, 0.1) is 11.8 Å². The lowest BCUT2D eigenvalue weighted by Crippen LogP contribution is -2.25. The van der Waals surface area contributed by atoms with Crippen molar-refractivity contribution < 1.29 is 46.1 Å². The molecule has 1 aliphatic rings. The summed E-state index contributed by atoms with van der Waals surface area (Å²) in [6.45, 7) is 0. The van der Waals surface area contributed by atoms with Gasteiger partial charge in [0.1, 0.15) is 11.9 Å². The number of aliphatic imine (C=N–C) groups is 1. The Morgan fingerprint density at radius 1 is 0.795 bits per heavy atom. The third-order valence-electron chi connectivity index (χ3n) is 4.72. The maximum absolute atomic E-state index is 10.6. The average Bonchev–Trinajstić information content (AvgIpc) is 3.33. The van der Waals surface area contributed by atoms with Gasteiger partial charge in [-0.15, -0.1) is 11.8 Å². The lowest BCUT2D eigenvalue weighted by atomic mass is 9.96. The zero-order chi connectivity index (χ0) is 29.1. The van der Waals surface area contributed by atoms with E-state index in [4.69, 9.17) is 24.8 Å². The third kappa shape index (κ3) is 10.7. The SMILES string of the molecule is O=C(O)C(F)(F)F.O=C(O)C(F)(F)F.c1ccc(SCC2=N[C@H](c3cccnc3)[C@H](c3ccccc3)N2)cc1. The number of pyridine rings is 1. The molecule has 0 saturated carbocycles. The minimum absolute atomic E-state index is 0.0578. The van der Waals surface area contributed by atoms with Crippen LogP contribution in [0.5, 0.6) is 0 Å². The molecule has 0 spiro atoms. The van der Waals surface area contributed by atoms with Crippen molar-refractivity contribution in [1.82, 2.24) is 10.3 Å². The highest BCUT2D eigenvalue weighted by Crippen LogP contribution is 2.36. The van der Waals surface area contributed by atoms with E-state index in [1.165, 1.54) is 10.5 Å². The molecule has 3 aromatic rings. The minimum atomic E-state index is -5.08. The summed E-state index contributed by atoms with van der Waals surface area (Å²) >= 11 is 1.80. The van der Waals surface area contributed by atoms with Crippen molar-refractivity contribution in [2.75, 3.05) is 5.75 Å². The molecule has 208 valence electrons. The van der Waals surface area contributed by atoms with Crippen LogP contribution in [0.3, 0.4) is 0 Å². The van der Waals surface area contributed by atoms with Gasteiger partial charge >= 0.3 is 24.3 Å². The molecule has 0 amide bonds. The molecule has 0 aliphatic carbocycles. The number of hydrogen-bond donors (Lipinski definition) is 3. The maximum Gasteiger partial charge on any atom is 0.490 e. The predicted molar refractivity (Wildman–Crippen MR) is 131 cm³/mol. The van der Waals surface area contributed by atoms with E-state index in [0.717, 1.165) is 17.2 Å². The van der Waals surface area contributed by atoms with Crippen molar-refractivity contribution in [3.63, 3.8) is 0 Å². The molecule has 39 heavy (non-hydrogen) atoms. The summed E-state index contributed by atoms with van der Waals surface area (Å²) in [5.41, 5.74) is 2.39. The molecule has 2 aromatic carbocycles. The summed E-state index contributed by atoms with van der Waals surface area (Å²) in [6, 6.07) is 25.2. The summed E-state index contributed by atoms with van der Waals surface area (Å²) in [5, 5.41) is 17.9. The molecule has 14 heteroatoms. The zero-order valence-corrected chi connectivity index (χ0v) is 20.5. The Bertz CT molecular complexity index is 1200. The fourth-order valence-electron chi connectivity index (χ4n) is 3.03. The molecule has 0 unspecified atom stereocenters. The molecule has 0 saturated heterocycles. The molecule has 1 aliphatic heterocycles. The second-order valence-electron chi connectivity index (χ2n) is 7.55. The van der Waals surface area contributed by atoms with Crippen LogP contribution >= 0.6 is 11.8 Å². The predicted octanol–water partition coefficient (Wildman–Crippen LogP) is 5.92. The molecule has 0 fully saturated rings. The van der Waals surface area contributed by atoms with Crippen LogP contribution in [0.1, 0.15) is 23.2 Å². The van der Waals surface area contributed by atoms with Gasteiger partial charge in [-0.05, 0) is 29.3 Å². The van der Waals surface area contributed by atoms with Crippen LogP contribution in [0.4, 0.5) is 26.3 Å². The first-order valence-corrected chi connectivity index (χ1v) is 11.8. The van der Waals surface area contributed by atoms with Crippen LogP contribution in [0.25, 0.3) is 0 Å². The van der Waals surface area contributed by atoms with Gasteiger partial charge in [-0.2, -0.15) is 26.3 Å². The number of aromatic nitrogens is 1. The molecule has 0 bridgehead atoms. The Labute approximate surface area is 222 Å². The summed E-state index contributed by atoms with van der Waals surface area (Å²) in [4.78, 5) is 28.3. The molecule has 2 heterocycles. The quantitative estimate of drug-likeness (QED) is 0.257. The first-order chi connectivity index (χ1) is 18.3. The number of nitrogens with zero attached hydrogens (tertiary/aromatic N) is 2. The third-order valence-corrected chi connectivity index (χ3v) is 5.74. The molecule has 0 radical (unpaired) electrons. The monoisotopic (exact) mass is 573 g/mol. The number of halogens is 6. The van der Waals surface area contributed by atoms with E-state index < -0.39 is 24.3 Å². The number of alkyl halides is 6. The van der Waals surface area contributed by atoms with Crippen LogP contribution in [0.15, 0.2) is 95.1 Å². The van der Waals surface area contributed by atoms with Gasteiger partial charge in [0, 0.05) is 17.3 Å². The van der Waals surface area contributed by atoms with Crippen LogP contribution in [-0.4, -0.2) is 51.1 Å². The molecule has 4 rings (SSSR count). The van der Waals surface area contributed by atoms with E-state index in [-0.39, 0.29) is 12.1 Å². The topological polar surface area (TPSA) is 112 Å². The van der Waals surface area contributed by atoms with Gasteiger partial charge in [-0.1, -0.05) is 54.6 Å². The Morgan fingerprint density at radius 2 is 1.28 bits per heavy atom. The summed E-state index contributed by atoms with van der Waals surface area (Å²) in [7, 11) is 0. The van der Waals surface area contributed by atoms with Gasteiger partial charge in [-0.3, -0.25) is 9.98 Å². The van der Waals surface area contributed by atoms with E-state index in [2.05, 4.69) is 64.9 Å². The number of benzene rings is 2. The van der Waals surface area contributed by atoms with Crippen molar-refractivity contribution >= 4 is 29.5 Å². The molecule has 7 nitrogen and oxygen atoms in total. The summed E-state index contributed by atoms with van der Waals surface area (Å²) < 4.78 is 63.5. The molecule has 3 N–H and O–H groups in total. The molecule has 1 aromatic heterocycles. The van der Waals surface area contributed by atoms with Gasteiger partial charge < -0.3 is 15.5 Å². The summed E-state index contributed by atoms with van der Waals surface area (Å²) in [5.74, 6) is -3.64. The van der Waals surface area contributed by atoms with Gasteiger partial charge in [-0.25, -0.2) is 9.59 Å². The Hall–Kier alpha value is -4.07. The van der Waals surface area contributed by atoms with E-state index in [0.29, 0.717) is 0 Å². The van der Waals surface area contributed by atoms with Crippen LogP contribution in [-0.2, 0) is 9.59 Å². The Kier molecular flexibility index (Phi) is 11.3. The van der Waals surface area contributed by atoms with E-state index in [9.17, 15) is 26.3 Å². The normalized spacial score (nSPS) is 16.4. The van der Waals surface area contributed by atoms with Crippen molar-refractivity contribution in [2.24, 2.45) is 4.99 Å². The smallest absolute Gasteiger partial charge is 0.475 e. The highest BCUT2D eigenvalue weighted by Gasteiger charge is 2.39. The van der Waals surface area contributed by atoms with Gasteiger partial charge in [0.2, 0.25) is 0 Å². The molecule has 2 atom stereocenters. The highest BCUT2D eigenvalue weighted by molar-refractivity contribution is 8.00. The fourth-order valence-corrected chi connectivity index (χ4v) is 3.84. The Morgan fingerprint density at radius 3 is 1.74 bits per heavy atom. The first kappa shape index (κ1) is 31.1. The van der Waals surface area contributed by atoms with Gasteiger partial charge in [0.15, 0.2) is 0 Å². The molecular weight excluding hydrogens is 552 g/mol.